The largest absolute Gasteiger partial charge is 0.320 e. The number of aromatic amines is 1. The summed E-state index contributed by atoms with van der Waals surface area (Å²) in [5.41, 5.74) is 4.07. The lowest BCUT2D eigenvalue weighted by Crippen LogP contribution is -2.06. The molecule has 92 valence electrons. The third kappa shape index (κ3) is 3.07. The van der Waals surface area contributed by atoms with Crippen LogP contribution in [0.25, 0.3) is 6.08 Å². The Balaban J connectivity index is 2.04. The summed E-state index contributed by atoms with van der Waals surface area (Å²) in [6.07, 6.45) is 6.51. The van der Waals surface area contributed by atoms with E-state index >= 15 is 0 Å². The molecule has 1 aromatic carbocycles. The zero-order valence-electron chi connectivity index (χ0n) is 10.4. The van der Waals surface area contributed by atoms with Crippen LogP contribution in [0.3, 0.4) is 0 Å². The number of aromatic nitrogens is 2. The highest BCUT2D eigenvalue weighted by molar-refractivity contribution is 6.01. The Bertz CT molecular complexity index is 571. The summed E-state index contributed by atoms with van der Waals surface area (Å²) in [5, 5.41) is 9.09. The van der Waals surface area contributed by atoms with Gasteiger partial charge in [-0.1, -0.05) is 23.8 Å². The SMILES string of the molecule is Cc1ccc(/C=C/C(=O)Nc2cn[nH]c2)c(C)c1. The summed E-state index contributed by atoms with van der Waals surface area (Å²) in [6.45, 7) is 4.08. The minimum Gasteiger partial charge on any atom is -0.320 e. The van der Waals surface area contributed by atoms with Crippen molar-refractivity contribution >= 4 is 17.7 Å². The van der Waals surface area contributed by atoms with E-state index in [-0.39, 0.29) is 5.91 Å². The van der Waals surface area contributed by atoms with Crippen molar-refractivity contribution in [1.82, 2.24) is 10.2 Å². The van der Waals surface area contributed by atoms with E-state index in [1.807, 2.05) is 32.1 Å². The predicted octanol–water partition coefficient (Wildman–Crippen LogP) is 2.68. The van der Waals surface area contributed by atoms with E-state index < -0.39 is 0 Å². The second-order valence-corrected chi connectivity index (χ2v) is 4.17. The number of carbonyl (C=O) groups is 1. The molecule has 4 nitrogen and oxygen atoms in total. The molecule has 0 radical (unpaired) electrons. The first-order valence-electron chi connectivity index (χ1n) is 5.70. The summed E-state index contributed by atoms with van der Waals surface area (Å²) in [4.78, 5) is 11.6. The van der Waals surface area contributed by atoms with Crippen LogP contribution in [0.5, 0.6) is 0 Å². The number of hydrogen-bond donors (Lipinski definition) is 2. The van der Waals surface area contributed by atoms with Crippen molar-refractivity contribution in [3.05, 3.63) is 53.4 Å². The van der Waals surface area contributed by atoms with Crippen LogP contribution < -0.4 is 5.32 Å². The number of H-pyrrole nitrogens is 1. The molecule has 0 saturated carbocycles. The molecule has 0 atom stereocenters. The van der Waals surface area contributed by atoms with Crippen LogP contribution in [0.2, 0.25) is 0 Å². The highest BCUT2D eigenvalue weighted by atomic mass is 16.1. The van der Waals surface area contributed by atoms with E-state index in [9.17, 15) is 4.79 Å². The van der Waals surface area contributed by atoms with Crippen LogP contribution in [0, 0.1) is 13.8 Å². The van der Waals surface area contributed by atoms with Gasteiger partial charge in [-0.15, -0.1) is 0 Å². The average molecular weight is 241 g/mol. The molecule has 0 aliphatic carbocycles. The van der Waals surface area contributed by atoms with Crippen LogP contribution in [0.4, 0.5) is 5.69 Å². The molecule has 2 rings (SSSR count). The Morgan fingerprint density at radius 3 is 2.89 bits per heavy atom. The van der Waals surface area contributed by atoms with Gasteiger partial charge in [0, 0.05) is 12.3 Å². The van der Waals surface area contributed by atoms with Gasteiger partial charge in [-0.25, -0.2) is 0 Å². The van der Waals surface area contributed by atoms with Crippen LogP contribution in [-0.4, -0.2) is 16.1 Å². The van der Waals surface area contributed by atoms with Gasteiger partial charge in [0.1, 0.15) is 0 Å². The van der Waals surface area contributed by atoms with Gasteiger partial charge in [-0.05, 0) is 31.1 Å². The van der Waals surface area contributed by atoms with Crippen LogP contribution in [-0.2, 0) is 4.79 Å². The van der Waals surface area contributed by atoms with Crippen molar-refractivity contribution in [3.63, 3.8) is 0 Å². The lowest BCUT2D eigenvalue weighted by molar-refractivity contribution is -0.111. The number of aryl methyl sites for hydroxylation is 2. The van der Waals surface area contributed by atoms with Gasteiger partial charge < -0.3 is 5.32 Å². The monoisotopic (exact) mass is 241 g/mol. The molecule has 1 amide bonds. The second-order valence-electron chi connectivity index (χ2n) is 4.17. The molecule has 2 aromatic rings. The Kier molecular flexibility index (Phi) is 3.57. The van der Waals surface area contributed by atoms with E-state index in [1.54, 1.807) is 12.4 Å². The summed E-state index contributed by atoms with van der Waals surface area (Å²) in [7, 11) is 0. The smallest absolute Gasteiger partial charge is 0.248 e. The number of carbonyl (C=O) groups excluding carboxylic acids is 1. The fourth-order valence-corrected chi connectivity index (χ4v) is 1.68. The van der Waals surface area contributed by atoms with Crippen LogP contribution in [0.15, 0.2) is 36.7 Å². The second kappa shape index (κ2) is 5.31. The Morgan fingerprint density at radius 2 is 2.22 bits per heavy atom. The summed E-state index contributed by atoms with van der Waals surface area (Å²) in [6, 6.07) is 6.13. The predicted molar refractivity (Wildman–Crippen MR) is 72.2 cm³/mol. The molecule has 0 unspecified atom stereocenters. The molecular weight excluding hydrogens is 226 g/mol. The lowest BCUT2D eigenvalue weighted by atomic mass is 10.1. The minimum atomic E-state index is -0.170. The van der Waals surface area contributed by atoms with E-state index in [0.29, 0.717) is 5.69 Å². The molecule has 1 heterocycles. The van der Waals surface area contributed by atoms with Crippen molar-refractivity contribution in [3.8, 4) is 0 Å². The van der Waals surface area contributed by atoms with Gasteiger partial charge in [0.25, 0.3) is 0 Å². The highest BCUT2D eigenvalue weighted by Gasteiger charge is 1.99. The number of nitrogens with zero attached hydrogens (tertiary/aromatic N) is 1. The van der Waals surface area contributed by atoms with Crippen molar-refractivity contribution in [1.29, 1.82) is 0 Å². The molecular formula is C14H15N3O. The van der Waals surface area contributed by atoms with Crippen LogP contribution >= 0.6 is 0 Å². The molecule has 2 N–H and O–H groups in total. The van der Waals surface area contributed by atoms with Gasteiger partial charge in [-0.3, -0.25) is 9.89 Å². The maximum atomic E-state index is 11.6. The molecule has 1 aromatic heterocycles. The lowest BCUT2D eigenvalue weighted by Gasteiger charge is -2.01. The van der Waals surface area contributed by atoms with Crippen molar-refractivity contribution in [2.45, 2.75) is 13.8 Å². The van der Waals surface area contributed by atoms with Gasteiger partial charge in [0.2, 0.25) is 5.91 Å². The minimum absolute atomic E-state index is 0.170. The summed E-state index contributed by atoms with van der Waals surface area (Å²) < 4.78 is 0. The maximum Gasteiger partial charge on any atom is 0.248 e. The van der Waals surface area contributed by atoms with Gasteiger partial charge in [0.15, 0.2) is 0 Å². The summed E-state index contributed by atoms with van der Waals surface area (Å²) >= 11 is 0. The standard InChI is InChI=1S/C14H15N3O/c1-10-3-4-12(11(2)7-10)5-6-14(18)17-13-8-15-16-9-13/h3-9H,1-2H3,(H,15,16)(H,17,18)/b6-5+. The molecule has 0 aliphatic rings. The van der Waals surface area contributed by atoms with E-state index in [2.05, 4.69) is 21.6 Å². The molecule has 0 fully saturated rings. The average Bonchev–Trinajstić information content (AvgIpc) is 2.80. The Morgan fingerprint density at radius 1 is 1.39 bits per heavy atom. The third-order valence-corrected chi connectivity index (χ3v) is 2.61. The molecule has 0 aliphatic heterocycles. The number of nitrogens with one attached hydrogen (secondary N) is 2. The first-order chi connectivity index (χ1) is 8.65. The van der Waals surface area contributed by atoms with E-state index in [1.165, 1.54) is 11.6 Å². The van der Waals surface area contributed by atoms with Crippen molar-refractivity contribution in [2.75, 3.05) is 5.32 Å². The number of benzene rings is 1. The maximum absolute atomic E-state index is 11.6. The summed E-state index contributed by atoms with van der Waals surface area (Å²) in [5.74, 6) is -0.170. The third-order valence-electron chi connectivity index (χ3n) is 2.61. The van der Waals surface area contributed by atoms with E-state index in [0.717, 1.165) is 11.1 Å². The van der Waals surface area contributed by atoms with Gasteiger partial charge >= 0.3 is 0 Å². The van der Waals surface area contributed by atoms with Gasteiger partial charge in [0.05, 0.1) is 11.9 Å². The fraction of sp³-hybridized carbons (Fsp3) is 0.143. The highest BCUT2D eigenvalue weighted by Crippen LogP contribution is 2.12. The number of amides is 1. The molecule has 0 spiro atoms. The molecule has 0 bridgehead atoms. The number of rotatable bonds is 3. The first kappa shape index (κ1) is 12.1. The van der Waals surface area contributed by atoms with Crippen LogP contribution in [0.1, 0.15) is 16.7 Å². The topological polar surface area (TPSA) is 57.8 Å². The molecule has 4 heteroatoms. The first-order valence-corrected chi connectivity index (χ1v) is 5.70. The number of hydrogen-bond acceptors (Lipinski definition) is 2. The Hall–Kier alpha value is -2.36. The quantitative estimate of drug-likeness (QED) is 0.812. The van der Waals surface area contributed by atoms with Crippen molar-refractivity contribution < 1.29 is 4.79 Å². The zero-order chi connectivity index (χ0) is 13.0. The number of anilines is 1. The zero-order valence-corrected chi connectivity index (χ0v) is 10.4. The fourth-order valence-electron chi connectivity index (χ4n) is 1.68. The normalized spacial score (nSPS) is 10.8. The van der Waals surface area contributed by atoms with Gasteiger partial charge in [-0.2, -0.15) is 5.10 Å². The van der Waals surface area contributed by atoms with Crippen molar-refractivity contribution in [2.24, 2.45) is 0 Å². The Labute approximate surface area is 106 Å². The molecule has 0 saturated heterocycles. The molecule has 18 heavy (non-hydrogen) atoms. The van der Waals surface area contributed by atoms with E-state index in [4.69, 9.17) is 0 Å².